The molecule has 25 heavy (non-hydrogen) atoms. The summed E-state index contributed by atoms with van der Waals surface area (Å²) in [6, 6.07) is 2.96. The number of ether oxygens (including phenoxy) is 2. The highest BCUT2D eigenvalue weighted by atomic mass is 35.5. The third kappa shape index (κ3) is 6.05. The molecule has 0 aliphatic heterocycles. The molecular formula is C16H22ClF3N2O3. The second kappa shape index (κ2) is 9.26. The third-order valence-electron chi connectivity index (χ3n) is 3.95. The van der Waals surface area contributed by atoms with Crippen LogP contribution in [0, 0.1) is 5.92 Å². The number of amides is 1. The van der Waals surface area contributed by atoms with Gasteiger partial charge in [0.2, 0.25) is 5.91 Å². The van der Waals surface area contributed by atoms with E-state index in [1.54, 1.807) is 0 Å². The smallest absolute Gasteiger partial charge is 0.416 e. The lowest BCUT2D eigenvalue weighted by Gasteiger charge is -2.17. The van der Waals surface area contributed by atoms with Crippen molar-refractivity contribution < 1.29 is 27.4 Å². The molecule has 1 fully saturated rings. The molecule has 0 saturated heterocycles. The van der Waals surface area contributed by atoms with Crippen LogP contribution < -0.4 is 15.8 Å². The number of methoxy groups -OCH3 is 1. The number of anilines is 1. The monoisotopic (exact) mass is 382 g/mol. The Morgan fingerprint density at radius 1 is 1.32 bits per heavy atom. The maximum Gasteiger partial charge on any atom is 0.416 e. The molecule has 1 amide bonds. The molecule has 1 aromatic rings. The van der Waals surface area contributed by atoms with Crippen LogP contribution in [0.2, 0.25) is 0 Å². The largest absolute Gasteiger partial charge is 0.489 e. The first-order chi connectivity index (χ1) is 11.3. The minimum atomic E-state index is -4.50. The maximum absolute atomic E-state index is 12.9. The van der Waals surface area contributed by atoms with Crippen molar-refractivity contribution in [3.8, 4) is 5.75 Å². The van der Waals surface area contributed by atoms with Gasteiger partial charge in [0.1, 0.15) is 12.4 Å². The van der Waals surface area contributed by atoms with E-state index >= 15 is 0 Å². The average Bonchev–Trinajstić information content (AvgIpc) is 2.94. The fourth-order valence-electron chi connectivity index (χ4n) is 2.65. The SMILES string of the molecule is COCCOc1ccc(C(F)(F)F)cc1NC(=O)C1CCC(N)C1.Cl. The van der Waals surface area contributed by atoms with Gasteiger partial charge in [-0.05, 0) is 37.5 Å². The second-order valence-electron chi connectivity index (χ2n) is 5.81. The standard InChI is InChI=1S/C16H21F3N2O3.ClH/c1-23-6-7-24-14-5-3-11(16(17,18)19)9-13(14)21-15(22)10-2-4-12(20)8-10;/h3,5,9-10,12H,2,4,6-8,20H2,1H3,(H,21,22);1H. The van der Waals surface area contributed by atoms with Gasteiger partial charge in [-0.2, -0.15) is 13.2 Å². The van der Waals surface area contributed by atoms with Gasteiger partial charge in [-0.3, -0.25) is 4.79 Å². The predicted octanol–water partition coefficient (Wildman–Crippen LogP) is 3.22. The van der Waals surface area contributed by atoms with E-state index < -0.39 is 11.7 Å². The molecule has 0 bridgehead atoms. The first kappa shape index (κ1) is 21.5. The average molecular weight is 383 g/mol. The maximum atomic E-state index is 12.9. The van der Waals surface area contributed by atoms with E-state index in [0.717, 1.165) is 18.6 Å². The zero-order chi connectivity index (χ0) is 17.7. The van der Waals surface area contributed by atoms with Crippen molar-refractivity contribution in [3.05, 3.63) is 23.8 Å². The van der Waals surface area contributed by atoms with Crippen molar-refractivity contribution in [3.63, 3.8) is 0 Å². The first-order valence-electron chi connectivity index (χ1n) is 7.70. The van der Waals surface area contributed by atoms with Gasteiger partial charge < -0.3 is 20.5 Å². The van der Waals surface area contributed by atoms with Crippen LogP contribution in [0.1, 0.15) is 24.8 Å². The van der Waals surface area contributed by atoms with Gasteiger partial charge >= 0.3 is 6.18 Å². The summed E-state index contributed by atoms with van der Waals surface area (Å²) < 4.78 is 49.0. The number of benzene rings is 1. The Morgan fingerprint density at radius 2 is 2.04 bits per heavy atom. The number of alkyl halides is 3. The molecule has 0 aromatic heterocycles. The second-order valence-corrected chi connectivity index (χ2v) is 5.81. The van der Waals surface area contributed by atoms with Gasteiger partial charge in [0.15, 0.2) is 0 Å². The van der Waals surface area contributed by atoms with Gasteiger partial charge in [-0.15, -0.1) is 12.4 Å². The molecule has 1 saturated carbocycles. The minimum Gasteiger partial charge on any atom is -0.489 e. The van der Waals surface area contributed by atoms with Crippen LogP contribution in [0.3, 0.4) is 0 Å². The molecule has 1 aromatic carbocycles. The molecule has 2 atom stereocenters. The summed E-state index contributed by atoms with van der Waals surface area (Å²) >= 11 is 0. The van der Waals surface area contributed by atoms with E-state index in [9.17, 15) is 18.0 Å². The van der Waals surface area contributed by atoms with Crippen molar-refractivity contribution in [1.82, 2.24) is 0 Å². The van der Waals surface area contributed by atoms with Crippen molar-refractivity contribution in [2.75, 3.05) is 25.6 Å². The molecule has 142 valence electrons. The Bertz CT molecular complexity index is 584. The van der Waals surface area contributed by atoms with Gasteiger partial charge in [0.05, 0.1) is 17.9 Å². The van der Waals surface area contributed by atoms with Crippen LogP contribution in [0.5, 0.6) is 5.75 Å². The van der Waals surface area contributed by atoms with Gasteiger partial charge in [0.25, 0.3) is 0 Å². The van der Waals surface area contributed by atoms with Crippen LogP contribution >= 0.6 is 12.4 Å². The van der Waals surface area contributed by atoms with Gasteiger partial charge in [-0.1, -0.05) is 0 Å². The van der Waals surface area contributed by atoms with Crippen LogP contribution in [0.4, 0.5) is 18.9 Å². The fourth-order valence-corrected chi connectivity index (χ4v) is 2.65. The normalized spacial score (nSPS) is 20.0. The number of halogens is 4. The van der Waals surface area contributed by atoms with Crippen molar-refractivity contribution in [1.29, 1.82) is 0 Å². The van der Waals surface area contributed by atoms with Gasteiger partial charge in [0, 0.05) is 19.1 Å². The van der Waals surface area contributed by atoms with E-state index in [4.69, 9.17) is 15.2 Å². The summed E-state index contributed by atoms with van der Waals surface area (Å²) in [4.78, 5) is 12.3. The number of carbonyl (C=O) groups excluding carboxylic acids is 1. The van der Waals surface area contributed by atoms with E-state index in [0.29, 0.717) is 12.8 Å². The van der Waals surface area contributed by atoms with Crippen molar-refractivity contribution >= 4 is 24.0 Å². The van der Waals surface area contributed by atoms with E-state index in [-0.39, 0.29) is 54.9 Å². The molecule has 1 aliphatic carbocycles. The molecule has 5 nitrogen and oxygen atoms in total. The number of rotatable bonds is 6. The van der Waals surface area contributed by atoms with E-state index in [1.165, 1.54) is 13.2 Å². The Morgan fingerprint density at radius 3 is 2.60 bits per heavy atom. The number of hydrogen-bond donors (Lipinski definition) is 2. The lowest BCUT2D eigenvalue weighted by atomic mass is 10.1. The highest BCUT2D eigenvalue weighted by molar-refractivity contribution is 5.94. The summed E-state index contributed by atoms with van der Waals surface area (Å²) in [6.45, 7) is 0.449. The molecule has 0 heterocycles. The highest BCUT2D eigenvalue weighted by Crippen LogP contribution is 2.36. The molecule has 2 rings (SSSR count). The Labute approximate surface area is 150 Å². The molecule has 0 spiro atoms. The Hall–Kier alpha value is -1.51. The molecule has 9 heteroatoms. The van der Waals surface area contributed by atoms with Crippen LogP contribution in [0.15, 0.2) is 18.2 Å². The number of carbonyl (C=O) groups is 1. The van der Waals surface area contributed by atoms with Crippen molar-refractivity contribution in [2.45, 2.75) is 31.5 Å². The fraction of sp³-hybridized carbons (Fsp3) is 0.562. The van der Waals surface area contributed by atoms with Crippen LogP contribution in [-0.4, -0.2) is 32.3 Å². The Kier molecular flexibility index (Phi) is 7.98. The summed E-state index contributed by atoms with van der Waals surface area (Å²) in [7, 11) is 1.49. The summed E-state index contributed by atoms with van der Waals surface area (Å²) in [5.74, 6) is -0.448. The zero-order valence-corrected chi connectivity index (χ0v) is 14.6. The third-order valence-corrected chi connectivity index (χ3v) is 3.95. The molecule has 3 N–H and O–H groups in total. The minimum absolute atomic E-state index is 0. The lowest BCUT2D eigenvalue weighted by Crippen LogP contribution is -2.24. The molecule has 0 radical (unpaired) electrons. The lowest BCUT2D eigenvalue weighted by molar-refractivity contribution is -0.137. The topological polar surface area (TPSA) is 73.6 Å². The van der Waals surface area contributed by atoms with E-state index in [1.807, 2.05) is 0 Å². The number of nitrogens with one attached hydrogen (secondary N) is 1. The molecule has 1 aliphatic rings. The highest BCUT2D eigenvalue weighted by Gasteiger charge is 2.32. The zero-order valence-electron chi connectivity index (χ0n) is 13.8. The van der Waals surface area contributed by atoms with Gasteiger partial charge in [-0.25, -0.2) is 0 Å². The van der Waals surface area contributed by atoms with Crippen LogP contribution in [-0.2, 0) is 15.7 Å². The van der Waals surface area contributed by atoms with E-state index in [2.05, 4.69) is 5.32 Å². The predicted molar refractivity (Wildman–Crippen MR) is 90.0 cm³/mol. The molecular weight excluding hydrogens is 361 g/mol. The van der Waals surface area contributed by atoms with Crippen molar-refractivity contribution in [2.24, 2.45) is 11.7 Å². The summed E-state index contributed by atoms with van der Waals surface area (Å²) in [6.07, 6.45) is -2.60. The number of hydrogen-bond acceptors (Lipinski definition) is 4. The number of nitrogens with two attached hydrogens (primary N) is 1. The van der Waals surface area contributed by atoms with Crippen LogP contribution in [0.25, 0.3) is 0 Å². The quantitative estimate of drug-likeness (QED) is 0.741. The summed E-state index contributed by atoms with van der Waals surface area (Å²) in [5.41, 5.74) is 4.94. The Balaban J connectivity index is 0.00000312. The summed E-state index contributed by atoms with van der Waals surface area (Å²) in [5, 5.41) is 2.55. The molecule has 2 unspecified atom stereocenters. The first-order valence-corrected chi connectivity index (χ1v) is 7.70.